The van der Waals surface area contributed by atoms with Crippen LogP contribution in [0.4, 0.5) is 0 Å². The molecule has 2 heterocycles. The van der Waals surface area contributed by atoms with Gasteiger partial charge in [-0.05, 0) is 25.1 Å². The van der Waals surface area contributed by atoms with Gasteiger partial charge in [0.05, 0.1) is 0 Å². The summed E-state index contributed by atoms with van der Waals surface area (Å²) in [5.41, 5.74) is 1.83. The van der Waals surface area contributed by atoms with Gasteiger partial charge in [-0.2, -0.15) is 0 Å². The molecule has 0 aliphatic carbocycles. The first-order valence-electron chi connectivity index (χ1n) is 5.15. The Morgan fingerprint density at radius 1 is 1.38 bits per heavy atom. The van der Waals surface area contributed by atoms with E-state index in [0.717, 1.165) is 29.4 Å². The van der Waals surface area contributed by atoms with E-state index in [4.69, 9.17) is 4.42 Å². The molecule has 0 bridgehead atoms. The molecule has 1 aromatic carbocycles. The normalized spacial score (nSPS) is 19.9. The average molecular weight is 257 g/mol. The van der Waals surface area contributed by atoms with Crippen molar-refractivity contribution in [2.24, 2.45) is 0 Å². The lowest BCUT2D eigenvalue weighted by Crippen LogP contribution is -2.09. The highest BCUT2D eigenvalue weighted by Gasteiger charge is 2.18. The predicted octanol–water partition coefficient (Wildman–Crippen LogP) is 2.70. The molecule has 16 heavy (non-hydrogen) atoms. The van der Waals surface area contributed by atoms with E-state index in [9.17, 15) is 0 Å². The second kappa shape index (κ2) is 5.08. The lowest BCUT2D eigenvalue weighted by Gasteiger charge is -2.01. The molecule has 1 aromatic heterocycles. The minimum atomic E-state index is 0. The number of nitrogens with one attached hydrogen (secondary N) is 1. The smallest absolute Gasteiger partial charge is 0.257 e. The Morgan fingerprint density at radius 3 is 3.00 bits per heavy atom. The van der Waals surface area contributed by atoms with Crippen molar-refractivity contribution in [2.75, 3.05) is 13.1 Å². The topological polar surface area (TPSA) is 38.1 Å². The first-order valence-corrected chi connectivity index (χ1v) is 6.03. The van der Waals surface area contributed by atoms with Gasteiger partial charge in [0.15, 0.2) is 5.58 Å². The molecule has 0 spiro atoms. The van der Waals surface area contributed by atoms with Crippen LogP contribution in [-0.4, -0.2) is 23.3 Å². The van der Waals surface area contributed by atoms with Crippen molar-refractivity contribution < 1.29 is 4.42 Å². The van der Waals surface area contributed by atoms with Crippen LogP contribution >= 0.6 is 24.2 Å². The Bertz CT molecular complexity index is 435. The number of fused-ring (bicyclic) bond motifs is 1. The molecule has 1 fully saturated rings. The molecule has 1 N–H and O–H groups in total. The number of aromatic nitrogens is 1. The van der Waals surface area contributed by atoms with Crippen molar-refractivity contribution >= 4 is 35.3 Å². The van der Waals surface area contributed by atoms with Crippen molar-refractivity contribution in [1.29, 1.82) is 0 Å². The molecular formula is C11H13ClN2OS. The molecule has 1 atom stereocenters. The second-order valence-corrected chi connectivity index (χ2v) is 4.93. The fourth-order valence-corrected chi connectivity index (χ4v) is 2.78. The maximum atomic E-state index is 5.65. The molecule has 1 aliphatic rings. The molecule has 0 unspecified atom stereocenters. The summed E-state index contributed by atoms with van der Waals surface area (Å²) in [6, 6.07) is 7.89. The van der Waals surface area contributed by atoms with Crippen molar-refractivity contribution in [3.05, 3.63) is 24.3 Å². The largest absolute Gasteiger partial charge is 0.431 e. The van der Waals surface area contributed by atoms with E-state index in [1.807, 2.05) is 24.3 Å². The summed E-state index contributed by atoms with van der Waals surface area (Å²) < 4.78 is 5.65. The Balaban J connectivity index is 0.000000963. The molecule has 0 saturated carbocycles. The summed E-state index contributed by atoms with van der Waals surface area (Å²) in [7, 11) is 0. The Hall–Kier alpha value is -0.710. The first kappa shape index (κ1) is 11.8. The number of hydrogen-bond acceptors (Lipinski definition) is 4. The highest BCUT2D eigenvalue weighted by Crippen LogP contribution is 2.28. The molecular weight excluding hydrogens is 244 g/mol. The third-order valence-electron chi connectivity index (χ3n) is 2.56. The number of oxazole rings is 1. The Morgan fingerprint density at radius 2 is 2.25 bits per heavy atom. The molecule has 2 aromatic rings. The van der Waals surface area contributed by atoms with Gasteiger partial charge in [-0.1, -0.05) is 23.9 Å². The van der Waals surface area contributed by atoms with Gasteiger partial charge in [0.2, 0.25) is 0 Å². The molecule has 5 heteroatoms. The zero-order valence-corrected chi connectivity index (χ0v) is 10.3. The van der Waals surface area contributed by atoms with E-state index in [1.54, 1.807) is 11.8 Å². The van der Waals surface area contributed by atoms with Gasteiger partial charge in [0, 0.05) is 11.8 Å². The molecule has 1 aliphatic heterocycles. The summed E-state index contributed by atoms with van der Waals surface area (Å²) in [5, 5.41) is 4.74. The predicted molar refractivity (Wildman–Crippen MR) is 68.4 cm³/mol. The maximum absolute atomic E-state index is 5.65. The van der Waals surface area contributed by atoms with Gasteiger partial charge < -0.3 is 9.73 Å². The van der Waals surface area contributed by atoms with E-state index in [1.165, 1.54) is 6.42 Å². The van der Waals surface area contributed by atoms with Crippen LogP contribution < -0.4 is 5.32 Å². The van der Waals surface area contributed by atoms with Gasteiger partial charge in [-0.3, -0.25) is 0 Å². The zero-order valence-electron chi connectivity index (χ0n) is 8.68. The summed E-state index contributed by atoms with van der Waals surface area (Å²) in [6.45, 7) is 2.17. The molecule has 1 saturated heterocycles. The highest BCUT2D eigenvalue weighted by molar-refractivity contribution is 7.99. The zero-order chi connectivity index (χ0) is 10.1. The van der Waals surface area contributed by atoms with Crippen LogP contribution in [0.25, 0.3) is 11.1 Å². The summed E-state index contributed by atoms with van der Waals surface area (Å²) in [4.78, 5) is 4.44. The van der Waals surface area contributed by atoms with E-state index < -0.39 is 0 Å². The standard InChI is InChI=1S/C11H12N2OS.ClH/c1-2-4-10-9(3-1)13-11(14-10)15-8-5-6-12-7-8;/h1-4,8,12H,5-7H2;1H/t8-;/m1./s1. The van der Waals surface area contributed by atoms with Gasteiger partial charge in [-0.25, -0.2) is 4.98 Å². The van der Waals surface area contributed by atoms with Crippen LogP contribution in [0.1, 0.15) is 6.42 Å². The Kier molecular flexibility index (Phi) is 3.74. The number of para-hydroxylation sites is 2. The van der Waals surface area contributed by atoms with Crippen LogP contribution in [0.2, 0.25) is 0 Å². The SMILES string of the molecule is Cl.c1ccc2oc(S[C@@H]3CCNC3)nc2c1. The van der Waals surface area contributed by atoms with Gasteiger partial charge >= 0.3 is 0 Å². The maximum Gasteiger partial charge on any atom is 0.257 e. The second-order valence-electron chi connectivity index (χ2n) is 3.68. The number of benzene rings is 1. The van der Waals surface area contributed by atoms with Crippen LogP contribution in [0.5, 0.6) is 0 Å². The minimum Gasteiger partial charge on any atom is -0.431 e. The third kappa shape index (κ3) is 2.34. The van der Waals surface area contributed by atoms with Crippen molar-refractivity contribution in [3.8, 4) is 0 Å². The number of hydrogen-bond donors (Lipinski definition) is 1. The average Bonchev–Trinajstić information content (AvgIpc) is 2.86. The van der Waals surface area contributed by atoms with Crippen LogP contribution in [0, 0.1) is 0 Å². The number of rotatable bonds is 2. The molecule has 0 amide bonds. The highest BCUT2D eigenvalue weighted by atomic mass is 35.5. The lowest BCUT2D eigenvalue weighted by atomic mass is 10.3. The third-order valence-corrected chi connectivity index (χ3v) is 3.67. The van der Waals surface area contributed by atoms with Gasteiger partial charge in [0.25, 0.3) is 5.22 Å². The monoisotopic (exact) mass is 256 g/mol. The van der Waals surface area contributed by atoms with Crippen molar-refractivity contribution in [1.82, 2.24) is 10.3 Å². The molecule has 0 radical (unpaired) electrons. The molecule has 3 rings (SSSR count). The van der Waals surface area contributed by atoms with Crippen molar-refractivity contribution in [2.45, 2.75) is 16.9 Å². The molecule has 3 nitrogen and oxygen atoms in total. The quantitative estimate of drug-likeness (QED) is 0.897. The molecule has 86 valence electrons. The van der Waals surface area contributed by atoms with E-state index >= 15 is 0 Å². The van der Waals surface area contributed by atoms with E-state index in [0.29, 0.717) is 5.25 Å². The fourth-order valence-electron chi connectivity index (χ4n) is 1.77. The number of nitrogens with zero attached hydrogens (tertiary/aromatic N) is 1. The van der Waals surface area contributed by atoms with E-state index in [-0.39, 0.29) is 12.4 Å². The van der Waals surface area contributed by atoms with Crippen LogP contribution in [-0.2, 0) is 0 Å². The minimum absolute atomic E-state index is 0. The summed E-state index contributed by atoms with van der Waals surface area (Å²) in [5.74, 6) is 0. The first-order chi connectivity index (χ1) is 7.42. The fraction of sp³-hybridized carbons (Fsp3) is 0.364. The van der Waals surface area contributed by atoms with E-state index in [2.05, 4.69) is 10.3 Å². The van der Waals surface area contributed by atoms with Gasteiger partial charge in [-0.15, -0.1) is 12.4 Å². The van der Waals surface area contributed by atoms with Crippen LogP contribution in [0.15, 0.2) is 33.9 Å². The number of halogens is 1. The Labute approximate surface area is 104 Å². The lowest BCUT2D eigenvalue weighted by molar-refractivity contribution is 0.488. The van der Waals surface area contributed by atoms with Gasteiger partial charge in [0.1, 0.15) is 5.52 Å². The number of thioether (sulfide) groups is 1. The summed E-state index contributed by atoms with van der Waals surface area (Å²) >= 11 is 1.74. The summed E-state index contributed by atoms with van der Waals surface area (Å²) in [6.07, 6.45) is 1.20. The van der Waals surface area contributed by atoms with Crippen molar-refractivity contribution in [3.63, 3.8) is 0 Å². The van der Waals surface area contributed by atoms with Crippen LogP contribution in [0.3, 0.4) is 0 Å².